The van der Waals surface area contributed by atoms with Crippen LogP contribution in [0.5, 0.6) is 0 Å². The molecule has 0 radical (unpaired) electrons. The normalized spacial score (nSPS) is 16.1. The molecule has 4 aromatic rings. The van der Waals surface area contributed by atoms with Gasteiger partial charge in [0.25, 0.3) is 5.91 Å². The highest BCUT2D eigenvalue weighted by Crippen LogP contribution is 2.44. The lowest BCUT2D eigenvalue weighted by atomic mass is 9.83. The van der Waals surface area contributed by atoms with Gasteiger partial charge >= 0.3 is 5.97 Å². The first kappa shape index (κ1) is 24.3. The van der Waals surface area contributed by atoms with Crippen LogP contribution >= 0.6 is 11.6 Å². The number of hydrogen-bond donors (Lipinski definition) is 0. The smallest absolute Gasteiger partial charge is 0.339 e. The molecule has 2 aliphatic heterocycles. The summed E-state index contributed by atoms with van der Waals surface area (Å²) in [6.45, 7) is 0.433. The molecule has 3 aromatic carbocycles. The number of benzene rings is 3. The number of carbonyl (C=O) groups is 3. The molecule has 0 saturated carbocycles. The topological polar surface area (TPSA) is 68.6 Å². The van der Waals surface area contributed by atoms with Crippen molar-refractivity contribution in [3.63, 3.8) is 0 Å². The van der Waals surface area contributed by atoms with Crippen molar-refractivity contribution in [2.75, 3.05) is 13.1 Å². The Hall–Kier alpha value is -4.04. The molecule has 1 fully saturated rings. The number of esters is 1. The van der Waals surface area contributed by atoms with Crippen molar-refractivity contribution in [2.24, 2.45) is 0 Å². The number of amides is 1. The number of rotatable bonds is 4. The van der Waals surface area contributed by atoms with Crippen molar-refractivity contribution < 1.29 is 27.9 Å². The SMILES string of the molecule is O=C(Cn1cc(C(=O)N2CCC3(CC2)OC(=O)c2ccccc23)c2ccc(Cl)cc21)c1cc(F)ccc1F. The molecule has 38 heavy (non-hydrogen) atoms. The van der Waals surface area contributed by atoms with Crippen molar-refractivity contribution >= 4 is 40.2 Å². The van der Waals surface area contributed by atoms with Gasteiger partial charge in [0.05, 0.1) is 28.8 Å². The zero-order valence-corrected chi connectivity index (χ0v) is 20.8. The first-order valence-corrected chi connectivity index (χ1v) is 12.5. The average Bonchev–Trinajstić information content (AvgIpc) is 3.40. The molecule has 9 heteroatoms. The molecule has 6 rings (SSSR count). The van der Waals surface area contributed by atoms with Crippen molar-refractivity contribution in [1.29, 1.82) is 0 Å². The molecule has 2 aliphatic rings. The molecule has 6 nitrogen and oxygen atoms in total. The van der Waals surface area contributed by atoms with Crippen LogP contribution in [0.25, 0.3) is 10.9 Å². The van der Waals surface area contributed by atoms with Gasteiger partial charge in [-0.15, -0.1) is 0 Å². The largest absolute Gasteiger partial charge is 0.450 e. The van der Waals surface area contributed by atoms with Crippen LogP contribution in [0.15, 0.2) is 66.9 Å². The molecule has 0 N–H and O–H groups in total. The highest BCUT2D eigenvalue weighted by Gasteiger charge is 2.47. The number of nitrogens with zero attached hydrogens (tertiary/aromatic N) is 2. The van der Waals surface area contributed by atoms with E-state index in [9.17, 15) is 23.2 Å². The summed E-state index contributed by atoms with van der Waals surface area (Å²) in [6, 6.07) is 15.0. The number of hydrogen-bond acceptors (Lipinski definition) is 4. The number of aromatic nitrogens is 1. The second-order valence-corrected chi connectivity index (χ2v) is 10.0. The first-order chi connectivity index (χ1) is 18.3. The van der Waals surface area contributed by atoms with Gasteiger partial charge in [-0.05, 0) is 36.4 Å². The van der Waals surface area contributed by atoms with Gasteiger partial charge in [0.1, 0.15) is 17.2 Å². The average molecular weight is 535 g/mol. The third kappa shape index (κ3) is 3.96. The third-order valence-corrected chi connectivity index (χ3v) is 7.64. The van der Waals surface area contributed by atoms with Gasteiger partial charge in [-0.3, -0.25) is 9.59 Å². The predicted molar refractivity (Wildman–Crippen MR) is 136 cm³/mol. The fourth-order valence-corrected chi connectivity index (χ4v) is 5.64. The quantitative estimate of drug-likeness (QED) is 0.247. The van der Waals surface area contributed by atoms with Gasteiger partial charge in [0, 0.05) is 48.1 Å². The van der Waals surface area contributed by atoms with Crippen LogP contribution in [0.4, 0.5) is 8.78 Å². The van der Waals surface area contributed by atoms with E-state index in [0.29, 0.717) is 53.0 Å². The summed E-state index contributed by atoms with van der Waals surface area (Å²) < 4.78 is 35.2. The Morgan fingerprint density at radius 2 is 1.74 bits per heavy atom. The van der Waals surface area contributed by atoms with Crippen LogP contribution in [0.3, 0.4) is 0 Å². The van der Waals surface area contributed by atoms with Gasteiger partial charge < -0.3 is 14.2 Å². The summed E-state index contributed by atoms with van der Waals surface area (Å²) in [6.07, 6.45) is 2.47. The Morgan fingerprint density at radius 3 is 2.53 bits per heavy atom. The standard InChI is InChI=1S/C29H21ClF2N2O4/c30-17-5-7-19-22(15-34(25(19)13-17)16-26(35)21-14-18(31)6-8-24(21)32)27(36)33-11-9-29(10-12-33)23-4-2-1-3-20(23)28(37)38-29/h1-8,13-15H,9-12,16H2. The van der Waals surface area contributed by atoms with E-state index in [4.69, 9.17) is 16.3 Å². The number of Topliss-reactive ketones (excluding diaryl/α,β-unsaturated/α-hetero) is 1. The summed E-state index contributed by atoms with van der Waals surface area (Å²) in [5.41, 5.74) is 1.20. The van der Waals surface area contributed by atoms with Crippen LogP contribution < -0.4 is 0 Å². The minimum Gasteiger partial charge on any atom is -0.450 e. The Labute approximate surface area is 221 Å². The number of piperidine rings is 1. The van der Waals surface area contributed by atoms with E-state index in [2.05, 4.69) is 0 Å². The summed E-state index contributed by atoms with van der Waals surface area (Å²) >= 11 is 6.21. The fraction of sp³-hybridized carbons (Fsp3) is 0.207. The molecular weight excluding hydrogens is 514 g/mol. The molecular formula is C29H21ClF2N2O4. The van der Waals surface area contributed by atoms with E-state index in [0.717, 1.165) is 23.8 Å². The van der Waals surface area contributed by atoms with Crippen LogP contribution in [0, 0.1) is 11.6 Å². The number of halogens is 3. The zero-order valence-electron chi connectivity index (χ0n) is 20.0. The van der Waals surface area contributed by atoms with Crippen molar-refractivity contribution in [1.82, 2.24) is 9.47 Å². The van der Waals surface area contributed by atoms with Crippen LogP contribution in [-0.4, -0.2) is 40.2 Å². The monoisotopic (exact) mass is 534 g/mol. The van der Waals surface area contributed by atoms with E-state index < -0.39 is 23.0 Å². The van der Waals surface area contributed by atoms with Gasteiger partial charge in [-0.25, -0.2) is 13.6 Å². The fourth-order valence-electron chi connectivity index (χ4n) is 5.48. The van der Waals surface area contributed by atoms with E-state index >= 15 is 0 Å². The van der Waals surface area contributed by atoms with E-state index in [1.165, 1.54) is 4.57 Å². The summed E-state index contributed by atoms with van der Waals surface area (Å²) in [5.74, 6) is -2.77. The number of carbonyl (C=O) groups excluding carboxylic acids is 3. The molecule has 1 saturated heterocycles. The summed E-state index contributed by atoms with van der Waals surface area (Å²) in [7, 11) is 0. The van der Waals surface area contributed by atoms with E-state index in [-0.39, 0.29) is 24.0 Å². The number of ketones is 1. The molecule has 0 unspecified atom stereocenters. The van der Waals surface area contributed by atoms with Crippen molar-refractivity contribution in [3.8, 4) is 0 Å². The molecule has 192 valence electrons. The Kier molecular flexibility index (Phi) is 5.79. The Morgan fingerprint density at radius 1 is 0.974 bits per heavy atom. The van der Waals surface area contributed by atoms with Crippen LogP contribution in [-0.2, 0) is 16.9 Å². The van der Waals surface area contributed by atoms with Gasteiger partial charge in [-0.1, -0.05) is 35.9 Å². The molecule has 3 heterocycles. The van der Waals surface area contributed by atoms with Crippen molar-refractivity contribution in [3.05, 3.63) is 106 Å². The number of likely N-dealkylation sites (tertiary alicyclic amines) is 1. The lowest BCUT2D eigenvalue weighted by molar-refractivity contribution is -0.0389. The summed E-state index contributed by atoms with van der Waals surface area (Å²) in [5, 5.41) is 0.992. The van der Waals surface area contributed by atoms with Crippen molar-refractivity contribution in [2.45, 2.75) is 25.0 Å². The second kappa shape index (κ2) is 9.06. The van der Waals surface area contributed by atoms with Crippen LogP contribution in [0.2, 0.25) is 5.02 Å². The minimum atomic E-state index is -0.821. The van der Waals surface area contributed by atoms with E-state index in [1.807, 2.05) is 12.1 Å². The molecule has 0 bridgehead atoms. The molecule has 1 amide bonds. The van der Waals surface area contributed by atoms with Crippen LogP contribution in [0.1, 0.15) is 49.5 Å². The Bertz CT molecular complexity index is 1640. The highest BCUT2D eigenvalue weighted by atomic mass is 35.5. The maximum absolute atomic E-state index is 14.2. The molecule has 1 spiro atoms. The molecule has 1 aromatic heterocycles. The minimum absolute atomic E-state index is 0.243. The predicted octanol–water partition coefficient (Wildman–Crippen LogP) is 5.76. The highest BCUT2D eigenvalue weighted by molar-refractivity contribution is 6.31. The maximum Gasteiger partial charge on any atom is 0.339 e. The number of fused-ring (bicyclic) bond motifs is 3. The second-order valence-electron chi connectivity index (χ2n) is 9.60. The maximum atomic E-state index is 14.2. The lowest BCUT2D eigenvalue weighted by Gasteiger charge is -2.38. The Balaban J connectivity index is 1.28. The zero-order chi connectivity index (χ0) is 26.6. The molecule has 0 aliphatic carbocycles. The van der Waals surface area contributed by atoms with E-state index in [1.54, 1.807) is 41.4 Å². The van der Waals surface area contributed by atoms with Gasteiger partial charge in [-0.2, -0.15) is 0 Å². The lowest BCUT2D eigenvalue weighted by Crippen LogP contribution is -2.45. The molecule has 0 atom stereocenters. The number of ether oxygens (including phenoxy) is 1. The third-order valence-electron chi connectivity index (χ3n) is 7.40. The van der Waals surface area contributed by atoms with Gasteiger partial charge in [0.2, 0.25) is 0 Å². The summed E-state index contributed by atoms with van der Waals surface area (Å²) in [4.78, 5) is 40.6. The van der Waals surface area contributed by atoms with Gasteiger partial charge in [0.15, 0.2) is 5.78 Å². The first-order valence-electron chi connectivity index (χ1n) is 12.1.